The molecule has 2 fully saturated rings. The van der Waals surface area contributed by atoms with Crippen LogP contribution in [0.3, 0.4) is 0 Å². The van der Waals surface area contributed by atoms with Gasteiger partial charge in [0.25, 0.3) is 0 Å². The second-order valence-electron chi connectivity index (χ2n) is 5.11. The number of fused-ring (bicyclic) bond motifs is 2. The van der Waals surface area contributed by atoms with Crippen molar-refractivity contribution in [2.75, 3.05) is 19.3 Å². The fourth-order valence-electron chi connectivity index (χ4n) is 2.84. The van der Waals surface area contributed by atoms with E-state index in [2.05, 4.69) is 10.2 Å². The van der Waals surface area contributed by atoms with Gasteiger partial charge in [-0.3, -0.25) is 0 Å². The smallest absolute Gasteiger partial charge is 0.210 e. The van der Waals surface area contributed by atoms with Crippen LogP contribution in [0.1, 0.15) is 25.7 Å². The molecule has 2 unspecified atom stereocenters. The van der Waals surface area contributed by atoms with Gasteiger partial charge in [-0.2, -0.15) is 0 Å². The number of primary sulfonamides is 1. The predicted octanol–water partition coefficient (Wildman–Crippen LogP) is -0.510. The first-order valence-corrected chi connectivity index (χ1v) is 7.62. The molecule has 0 aromatic carbocycles. The molecule has 0 amide bonds. The molecule has 94 valence electrons. The van der Waals surface area contributed by atoms with Gasteiger partial charge in [0.05, 0.1) is 5.75 Å². The number of hydrogen-bond acceptors (Lipinski definition) is 4. The highest BCUT2D eigenvalue weighted by Crippen LogP contribution is 2.29. The maximum Gasteiger partial charge on any atom is 0.210 e. The number of piperidine rings is 1. The van der Waals surface area contributed by atoms with Crippen molar-refractivity contribution < 1.29 is 8.42 Å². The lowest BCUT2D eigenvalue weighted by atomic mass is 9.99. The fraction of sp³-hybridized carbons (Fsp3) is 1.00. The molecule has 16 heavy (non-hydrogen) atoms. The van der Waals surface area contributed by atoms with Crippen LogP contribution in [0.4, 0.5) is 0 Å². The SMILES string of the molecule is CN(CCS(N)(=O)=O)C1CC2CCC(C1)N2. The van der Waals surface area contributed by atoms with Crippen molar-refractivity contribution in [2.24, 2.45) is 5.14 Å². The topological polar surface area (TPSA) is 75.4 Å². The number of rotatable bonds is 4. The van der Waals surface area contributed by atoms with Gasteiger partial charge in [-0.1, -0.05) is 0 Å². The maximum atomic E-state index is 10.9. The highest BCUT2D eigenvalue weighted by atomic mass is 32.2. The molecule has 0 aromatic heterocycles. The monoisotopic (exact) mass is 247 g/mol. The molecule has 2 bridgehead atoms. The van der Waals surface area contributed by atoms with Gasteiger partial charge in [0.15, 0.2) is 0 Å². The summed E-state index contributed by atoms with van der Waals surface area (Å²) in [5.74, 6) is 0.0583. The van der Waals surface area contributed by atoms with Crippen molar-refractivity contribution in [3.05, 3.63) is 0 Å². The Morgan fingerprint density at radius 3 is 2.38 bits per heavy atom. The lowest BCUT2D eigenvalue weighted by molar-refractivity contribution is 0.180. The second kappa shape index (κ2) is 4.60. The number of nitrogens with two attached hydrogens (primary N) is 1. The third-order valence-corrected chi connectivity index (χ3v) is 4.55. The van der Waals surface area contributed by atoms with Crippen LogP contribution in [0, 0.1) is 0 Å². The van der Waals surface area contributed by atoms with E-state index in [9.17, 15) is 8.42 Å². The number of hydrogen-bond donors (Lipinski definition) is 2. The van der Waals surface area contributed by atoms with Crippen LogP contribution < -0.4 is 10.5 Å². The van der Waals surface area contributed by atoms with E-state index in [1.165, 1.54) is 12.8 Å². The molecule has 2 aliphatic heterocycles. The van der Waals surface area contributed by atoms with Gasteiger partial charge in [-0.25, -0.2) is 13.6 Å². The summed E-state index contributed by atoms with van der Waals surface area (Å²) in [6.45, 7) is 0.545. The molecule has 2 rings (SSSR count). The summed E-state index contributed by atoms with van der Waals surface area (Å²) in [7, 11) is -1.33. The zero-order valence-corrected chi connectivity index (χ0v) is 10.5. The third kappa shape index (κ3) is 3.16. The average Bonchev–Trinajstić information content (AvgIpc) is 2.53. The maximum absolute atomic E-state index is 10.9. The minimum Gasteiger partial charge on any atom is -0.311 e. The zero-order valence-electron chi connectivity index (χ0n) is 9.72. The Morgan fingerprint density at radius 1 is 1.31 bits per heavy atom. The molecule has 5 nitrogen and oxygen atoms in total. The van der Waals surface area contributed by atoms with Gasteiger partial charge in [-0.05, 0) is 32.7 Å². The molecular weight excluding hydrogens is 226 g/mol. The van der Waals surface area contributed by atoms with Crippen LogP contribution in [0.5, 0.6) is 0 Å². The van der Waals surface area contributed by atoms with Gasteiger partial charge in [0.2, 0.25) is 10.0 Å². The van der Waals surface area contributed by atoms with E-state index >= 15 is 0 Å². The summed E-state index contributed by atoms with van der Waals surface area (Å²) in [6.07, 6.45) is 4.81. The van der Waals surface area contributed by atoms with Gasteiger partial charge in [-0.15, -0.1) is 0 Å². The first-order valence-electron chi connectivity index (χ1n) is 5.91. The molecule has 0 saturated carbocycles. The summed E-state index contributed by atoms with van der Waals surface area (Å²) in [4.78, 5) is 2.15. The molecule has 2 atom stereocenters. The molecule has 2 saturated heterocycles. The average molecular weight is 247 g/mol. The van der Waals surface area contributed by atoms with Gasteiger partial charge in [0.1, 0.15) is 0 Å². The zero-order chi connectivity index (χ0) is 11.8. The van der Waals surface area contributed by atoms with Crippen molar-refractivity contribution >= 4 is 10.0 Å². The fourth-order valence-corrected chi connectivity index (χ4v) is 3.38. The van der Waals surface area contributed by atoms with E-state index in [0.717, 1.165) is 12.8 Å². The van der Waals surface area contributed by atoms with E-state index < -0.39 is 10.0 Å². The molecule has 0 spiro atoms. The molecule has 0 aromatic rings. The summed E-state index contributed by atoms with van der Waals surface area (Å²) in [5, 5.41) is 8.59. The van der Waals surface area contributed by atoms with E-state index in [4.69, 9.17) is 5.14 Å². The molecule has 6 heteroatoms. The Labute approximate surface area is 97.4 Å². The van der Waals surface area contributed by atoms with Gasteiger partial charge < -0.3 is 10.2 Å². The van der Waals surface area contributed by atoms with Gasteiger partial charge in [0, 0.05) is 24.7 Å². The van der Waals surface area contributed by atoms with Crippen molar-refractivity contribution in [3.63, 3.8) is 0 Å². The van der Waals surface area contributed by atoms with E-state index in [1.807, 2.05) is 7.05 Å². The largest absolute Gasteiger partial charge is 0.311 e. The Kier molecular flexibility index (Phi) is 3.53. The summed E-state index contributed by atoms with van der Waals surface area (Å²) < 4.78 is 21.8. The Morgan fingerprint density at radius 2 is 1.88 bits per heavy atom. The molecule has 2 aliphatic rings. The highest BCUT2D eigenvalue weighted by Gasteiger charge is 2.34. The standard InChI is InChI=1S/C10H21N3O2S/c1-13(4-5-16(11,14)15)10-6-8-2-3-9(7-10)12-8/h8-10,12H,2-7H2,1H3,(H2,11,14,15). The highest BCUT2D eigenvalue weighted by molar-refractivity contribution is 7.89. The van der Waals surface area contributed by atoms with E-state index in [1.54, 1.807) is 0 Å². The van der Waals surface area contributed by atoms with Crippen LogP contribution in [0.15, 0.2) is 0 Å². The Balaban J connectivity index is 1.83. The van der Waals surface area contributed by atoms with Crippen molar-refractivity contribution in [3.8, 4) is 0 Å². The molecule has 0 radical (unpaired) electrons. The van der Waals surface area contributed by atoms with Crippen LogP contribution in [0.25, 0.3) is 0 Å². The lowest BCUT2D eigenvalue weighted by Crippen LogP contribution is -2.48. The molecule has 3 N–H and O–H groups in total. The Bertz CT molecular complexity index is 332. The van der Waals surface area contributed by atoms with Crippen LogP contribution in [0.2, 0.25) is 0 Å². The summed E-state index contributed by atoms with van der Waals surface area (Å²) in [6, 6.07) is 1.79. The van der Waals surface area contributed by atoms with Crippen molar-refractivity contribution in [1.29, 1.82) is 0 Å². The van der Waals surface area contributed by atoms with Crippen LogP contribution in [-0.2, 0) is 10.0 Å². The van der Waals surface area contributed by atoms with Crippen molar-refractivity contribution in [2.45, 2.75) is 43.8 Å². The minimum atomic E-state index is -3.33. The molecule has 0 aliphatic carbocycles. The van der Waals surface area contributed by atoms with E-state index in [0.29, 0.717) is 24.7 Å². The molecular formula is C10H21N3O2S. The van der Waals surface area contributed by atoms with Crippen LogP contribution in [-0.4, -0.2) is 50.8 Å². The van der Waals surface area contributed by atoms with E-state index in [-0.39, 0.29) is 5.75 Å². The normalized spacial score (nSPS) is 34.6. The number of nitrogens with zero attached hydrogens (tertiary/aromatic N) is 1. The number of sulfonamides is 1. The molecule has 2 heterocycles. The summed E-state index contributed by atoms with van der Waals surface area (Å²) >= 11 is 0. The first-order chi connectivity index (χ1) is 7.44. The van der Waals surface area contributed by atoms with Crippen LogP contribution >= 0.6 is 0 Å². The second-order valence-corrected chi connectivity index (χ2v) is 6.84. The van der Waals surface area contributed by atoms with Gasteiger partial charge >= 0.3 is 0 Å². The first kappa shape index (κ1) is 12.3. The van der Waals surface area contributed by atoms with Crippen molar-refractivity contribution in [1.82, 2.24) is 10.2 Å². The Hall–Kier alpha value is -0.170. The number of nitrogens with one attached hydrogen (secondary N) is 1. The lowest BCUT2D eigenvalue weighted by Gasteiger charge is -2.35. The summed E-state index contributed by atoms with van der Waals surface area (Å²) in [5.41, 5.74) is 0. The quantitative estimate of drug-likeness (QED) is 0.701. The third-order valence-electron chi connectivity index (χ3n) is 3.80. The minimum absolute atomic E-state index is 0.0583. The predicted molar refractivity (Wildman–Crippen MR) is 63.6 cm³/mol.